The molecule has 0 atom stereocenters. The van der Waals surface area contributed by atoms with Gasteiger partial charge in [-0.25, -0.2) is 4.68 Å². The highest BCUT2D eigenvalue weighted by Crippen LogP contribution is 2.17. The number of benzene rings is 1. The van der Waals surface area contributed by atoms with Crippen molar-refractivity contribution in [3.63, 3.8) is 0 Å². The molecule has 1 heterocycles. The maximum atomic E-state index is 12.0. The van der Waals surface area contributed by atoms with Gasteiger partial charge in [0.15, 0.2) is 0 Å². The molecule has 0 unspecified atom stereocenters. The van der Waals surface area contributed by atoms with Crippen LogP contribution in [-0.2, 0) is 18.3 Å². The Labute approximate surface area is 136 Å². The van der Waals surface area contributed by atoms with Crippen LogP contribution in [0.3, 0.4) is 0 Å². The summed E-state index contributed by atoms with van der Waals surface area (Å²) >= 11 is 3.20. The van der Waals surface area contributed by atoms with Crippen molar-refractivity contribution in [1.82, 2.24) is 9.78 Å². The molecule has 0 aliphatic carbocycles. The van der Waals surface area contributed by atoms with Gasteiger partial charge in [0.1, 0.15) is 4.47 Å². The van der Waals surface area contributed by atoms with Crippen molar-refractivity contribution in [2.45, 2.75) is 13.3 Å². The average molecular weight is 365 g/mol. The summed E-state index contributed by atoms with van der Waals surface area (Å²) < 4.78 is 1.57. The molecule has 0 aliphatic rings. The van der Waals surface area contributed by atoms with E-state index >= 15 is 0 Å². The van der Waals surface area contributed by atoms with E-state index in [1.54, 1.807) is 7.05 Å². The number of para-hydroxylation sites is 1. The first-order chi connectivity index (χ1) is 10.5. The zero-order chi connectivity index (χ0) is 16.1. The molecule has 1 aromatic heterocycles. The molecule has 2 aromatic rings. The van der Waals surface area contributed by atoms with Gasteiger partial charge in [-0.05, 0) is 34.0 Å². The van der Waals surface area contributed by atoms with Crippen LogP contribution in [0.4, 0.5) is 11.4 Å². The number of halogens is 1. The van der Waals surface area contributed by atoms with Gasteiger partial charge >= 0.3 is 0 Å². The minimum Gasteiger partial charge on any atom is -0.374 e. The summed E-state index contributed by atoms with van der Waals surface area (Å²) in [6.45, 7) is 2.08. The minimum absolute atomic E-state index is 0.0471. The third-order valence-corrected chi connectivity index (χ3v) is 3.96. The molecular formula is C15H17BrN4O2. The molecule has 116 valence electrons. The SMILES string of the molecule is CCc1ccccc1NC(=O)CNc1cnn(C)c(=O)c1Br. The third-order valence-electron chi connectivity index (χ3n) is 3.19. The van der Waals surface area contributed by atoms with Crippen LogP contribution in [0, 0.1) is 0 Å². The van der Waals surface area contributed by atoms with Crippen molar-refractivity contribution >= 4 is 33.2 Å². The Morgan fingerprint density at radius 1 is 1.32 bits per heavy atom. The van der Waals surface area contributed by atoms with Crippen LogP contribution < -0.4 is 16.2 Å². The van der Waals surface area contributed by atoms with Crippen LogP contribution in [0.5, 0.6) is 0 Å². The van der Waals surface area contributed by atoms with Crippen LogP contribution in [-0.4, -0.2) is 22.2 Å². The lowest BCUT2D eigenvalue weighted by Gasteiger charge is -2.11. The van der Waals surface area contributed by atoms with Gasteiger partial charge in [-0.1, -0.05) is 25.1 Å². The molecule has 7 heteroatoms. The van der Waals surface area contributed by atoms with Crippen molar-refractivity contribution in [2.75, 3.05) is 17.2 Å². The van der Waals surface area contributed by atoms with Gasteiger partial charge in [0, 0.05) is 12.7 Å². The predicted molar refractivity (Wildman–Crippen MR) is 90.1 cm³/mol. The van der Waals surface area contributed by atoms with Gasteiger partial charge < -0.3 is 10.6 Å². The molecular weight excluding hydrogens is 348 g/mol. The molecule has 6 nitrogen and oxygen atoms in total. The van der Waals surface area contributed by atoms with E-state index < -0.39 is 0 Å². The average Bonchev–Trinajstić information content (AvgIpc) is 2.52. The summed E-state index contributed by atoms with van der Waals surface area (Å²) in [5.74, 6) is -0.187. The molecule has 0 spiro atoms. The van der Waals surface area contributed by atoms with Crippen LogP contribution in [0.2, 0.25) is 0 Å². The van der Waals surface area contributed by atoms with Gasteiger partial charge in [-0.3, -0.25) is 9.59 Å². The zero-order valence-electron chi connectivity index (χ0n) is 12.4. The summed E-state index contributed by atoms with van der Waals surface area (Å²) in [5.41, 5.74) is 2.11. The van der Waals surface area contributed by atoms with E-state index in [0.717, 1.165) is 17.7 Å². The lowest BCUT2D eigenvalue weighted by Crippen LogP contribution is -2.25. The van der Waals surface area contributed by atoms with E-state index in [1.165, 1.54) is 10.9 Å². The predicted octanol–water partition coefficient (Wildman–Crippen LogP) is 2.16. The second-order valence-electron chi connectivity index (χ2n) is 4.71. The van der Waals surface area contributed by atoms with Crippen molar-refractivity contribution in [3.8, 4) is 0 Å². The van der Waals surface area contributed by atoms with E-state index in [-0.39, 0.29) is 18.0 Å². The topological polar surface area (TPSA) is 76.0 Å². The number of aromatic nitrogens is 2. The fraction of sp³-hybridized carbons (Fsp3) is 0.267. The largest absolute Gasteiger partial charge is 0.374 e. The van der Waals surface area contributed by atoms with Gasteiger partial charge in [-0.2, -0.15) is 5.10 Å². The Bertz CT molecular complexity index is 743. The van der Waals surface area contributed by atoms with E-state index in [2.05, 4.69) is 31.7 Å². The number of aryl methyl sites for hydroxylation is 2. The molecule has 2 rings (SSSR count). The highest BCUT2D eigenvalue weighted by molar-refractivity contribution is 9.10. The number of amides is 1. The van der Waals surface area contributed by atoms with E-state index in [1.807, 2.05) is 31.2 Å². The lowest BCUT2D eigenvalue weighted by molar-refractivity contribution is -0.114. The Kier molecular flexibility index (Phi) is 5.32. The maximum Gasteiger partial charge on any atom is 0.282 e. The third kappa shape index (κ3) is 3.73. The summed E-state index contributed by atoms with van der Waals surface area (Å²) in [6, 6.07) is 7.66. The molecule has 0 saturated heterocycles. The van der Waals surface area contributed by atoms with Crippen LogP contribution in [0.25, 0.3) is 0 Å². The molecule has 0 radical (unpaired) electrons. The Balaban J connectivity index is 2.02. The zero-order valence-corrected chi connectivity index (χ0v) is 14.0. The Morgan fingerprint density at radius 3 is 2.77 bits per heavy atom. The minimum atomic E-state index is -0.262. The number of nitrogens with zero attached hydrogens (tertiary/aromatic N) is 2. The molecule has 1 amide bonds. The highest BCUT2D eigenvalue weighted by atomic mass is 79.9. The van der Waals surface area contributed by atoms with Crippen molar-refractivity contribution < 1.29 is 4.79 Å². The number of hydrogen-bond donors (Lipinski definition) is 2. The van der Waals surface area contributed by atoms with E-state index in [4.69, 9.17) is 0 Å². The van der Waals surface area contributed by atoms with Crippen LogP contribution >= 0.6 is 15.9 Å². The number of carbonyl (C=O) groups is 1. The molecule has 1 aromatic carbocycles. The quantitative estimate of drug-likeness (QED) is 0.852. The van der Waals surface area contributed by atoms with Crippen molar-refractivity contribution in [2.24, 2.45) is 7.05 Å². The molecule has 0 fully saturated rings. The van der Waals surface area contributed by atoms with Gasteiger partial charge in [0.25, 0.3) is 5.56 Å². The van der Waals surface area contributed by atoms with E-state index in [0.29, 0.717) is 10.2 Å². The summed E-state index contributed by atoms with van der Waals surface area (Å²) in [5, 5.41) is 9.67. The first-order valence-electron chi connectivity index (χ1n) is 6.86. The summed E-state index contributed by atoms with van der Waals surface area (Å²) in [7, 11) is 1.56. The maximum absolute atomic E-state index is 12.0. The number of carbonyl (C=O) groups excluding carboxylic acids is 1. The fourth-order valence-electron chi connectivity index (χ4n) is 1.95. The second-order valence-corrected chi connectivity index (χ2v) is 5.51. The number of hydrogen-bond acceptors (Lipinski definition) is 4. The Hall–Kier alpha value is -2.15. The smallest absolute Gasteiger partial charge is 0.282 e. The fourth-order valence-corrected chi connectivity index (χ4v) is 2.45. The van der Waals surface area contributed by atoms with Crippen LogP contribution in [0.15, 0.2) is 39.7 Å². The second kappa shape index (κ2) is 7.22. The van der Waals surface area contributed by atoms with Crippen LogP contribution in [0.1, 0.15) is 12.5 Å². The summed E-state index contributed by atoms with van der Waals surface area (Å²) in [6.07, 6.45) is 2.34. The standard InChI is InChI=1S/C15H17BrN4O2/c1-3-10-6-4-5-7-11(10)19-13(21)9-17-12-8-18-20(2)15(22)14(12)16/h4-8,17H,3,9H2,1-2H3,(H,19,21). The molecule has 0 bridgehead atoms. The normalized spacial score (nSPS) is 10.3. The van der Waals surface area contributed by atoms with Gasteiger partial charge in [-0.15, -0.1) is 0 Å². The van der Waals surface area contributed by atoms with Crippen molar-refractivity contribution in [1.29, 1.82) is 0 Å². The number of nitrogens with one attached hydrogen (secondary N) is 2. The lowest BCUT2D eigenvalue weighted by atomic mass is 10.1. The number of anilines is 2. The molecule has 2 N–H and O–H groups in total. The van der Waals surface area contributed by atoms with Crippen molar-refractivity contribution in [3.05, 3.63) is 50.9 Å². The first-order valence-corrected chi connectivity index (χ1v) is 7.65. The first kappa shape index (κ1) is 16.2. The molecule has 0 aliphatic heterocycles. The molecule has 0 saturated carbocycles. The Morgan fingerprint density at radius 2 is 2.05 bits per heavy atom. The van der Waals surface area contributed by atoms with E-state index in [9.17, 15) is 9.59 Å². The molecule has 22 heavy (non-hydrogen) atoms. The van der Waals surface area contributed by atoms with Gasteiger partial charge in [0.05, 0.1) is 18.4 Å². The van der Waals surface area contributed by atoms with Gasteiger partial charge in [0.2, 0.25) is 5.91 Å². The number of rotatable bonds is 5. The monoisotopic (exact) mass is 364 g/mol. The highest BCUT2D eigenvalue weighted by Gasteiger charge is 2.09. The summed E-state index contributed by atoms with van der Waals surface area (Å²) in [4.78, 5) is 23.7.